The van der Waals surface area contributed by atoms with Crippen molar-refractivity contribution in [1.82, 2.24) is 15.2 Å². The molecule has 0 spiro atoms. The molecule has 0 radical (unpaired) electrons. The van der Waals surface area contributed by atoms with Gasteiger partial charge in [0.2, 0.25) is 11.0 Å². The van der Waals surface area contributed by atoms with Gasteiger partial charge in [-0.3, -0.25) is 9.78 Å². The van der Waals surface area contributed by atoms with Crippen molar-refractivity contribution in [3.63, 3.8) is 0 Å². The molecule has 2 aromatic rings. The summed E-state index contributed by atoms with van der Waals surface area (Å²) < 4.78 is 10.4. The van der Waals surface area contributed by atoms with Gasteiger partial charge in [0, 0.05) is 18.7 Å². The van der Waals surface area contributed by atoms with Gasteiger partial charge in [0.05, 0.1) is 19.2 Å². The number of nitrogens with one attached hydrogen (secondary N) is 1. The van der Waals surface area contributed by atoms with Crippen LogP contribution in [0.15, 0.2) is 18.3 Å². The fourth-order valence-electron chi connectivity index (χ4n) is 2.97. The highest BCUT2D eigenvalue weighted by atomic mass is 32.1. The number of pyridine rings is 1. The van der Waals surface area contributed by atoms with Crippen molar-refractivity contribution >= 4 is 22.4 Å². The molecule has 140 valence electrons. The fourth-order valence-corrected chi connectivity index (χ4v) is 3.90. The molecule has 0 aliphatic heterocycles. The van der Waals surface area contributed by atoms with E-state index in [1.54, 1.807) is 25.4 Å². The number of carbonyl (C=O) groups is 1. The Labute approximate surface area is 157 Å². The first-order valence-corrected chi connectivity index (χ1v) is 9.76. The molecule has 1 N–H and O–H groups in total. The van der Waals surface area contributed by atoms with E-state index in [0.717, 1.165) is 5.01 Å². The Bertz CT molecular complexity index is 699. The first-order chi connectivity index (χ1) is 12.7. The van der Waals surface area contributed by atoms with Gasteiger partial charge in [-0.2, -0.15) is 0 Å². The maximum atomic E-state index is 12.2. The third-order valence-electron chi connectivity index (χ3n) is 4.34. The highest BCUT2D eigenvalue weighted by molar-refractivity contribution is 7.15. The lowest BCUT2D eigenvalue weighted by Gasteiger charge is -2.18. The van der Waals surface area contributed by atoms with Crippen LogP contribution >= 0.6 is 11.3 Å². The third kappa shape index (κ3) is 5.47. The lowest BCUT2D eigenvalue weighted by Crippen LogP contribution is -2.15. The molecule has 0 saturated heterocycles. The molecule has 2 heterocycles. The van der Waals surface area contributed by atoms with E-state index in [2.05, 4.69) is 20.5 Å². The largest absolute Gasteiger partial charge is 0.490 e. The number of amides is 1. The van der Waals surface area contributed by atoms with Crippen LogP contribution in [0.4, 0.5) is 5.13 Å². The third-order valence-corrected chi connectivity index (χ3v) is 5.34. The van der Waals surface area contributed by atoms with E-state index < -0.39 is 0 Å². The van der Waals surface area contributed by atoms with Gasteiger partial charge in [-0.15, -0.1) is 10.2 Å². The predicted molar refractivity (Wildman–Crippen MR) is 99.7 cm³/mol. The van der Waals surface area contributed by atoms with E-state index in [-0.39, 0.29) is 12.3 Å². The van der Waals surface area contributed by atoms with Crippen molar-refractivity contribution in [2.24, 2.45) is 0 Å². The molecule has 2 aromatic heterocycles. The molecule has 1 saturated carbocycles. The number of nitrogens with zero attached hydrogens (tertiary/aromatic N) is 3. The number of methoxy groups -OCH3 is 1. The van der Waals surface area contributed by atoms with Crippen molar-refractivity contribution in [3.8, 4) is 5.75 Å². The molecule has 26 heavy (non-hydrogen) atoms. The van der Waals surface area contributed by atoms with Crippen LogP contribution in [-0.2, 0) is 16.0 Å². The van der Waals surface area contributed by atoms with Gasteiger partial charge in [-0.25, -0.2) is 0 Å². The Morgan fingerprint density at radius 2 is 2.08 bits per heavy atom. The summed E-state index contributed by atoms with van der Waals surface area (Å²) in [4.78, 5) is 16.5. The van der Waals surface area contributed by atoms with Gasteiger partial charge in [-0.1, -0.05) is 30.6 Å². The zero-order valence-corrected chi connectivity index (χ0v) is 15.8. The maximum Gasteiger partial charge on any atom is 0.232 e. The predicted octanol–water partition coefficient (Wildman–Crippen LogP) is 3.19. The molecule has 1 aliphatic carbocycles. The van der Waals surface area contributed by atoms with Crippen molar-refractivity contribution in [2.45, 2.75) is 44.4 Å². The number of rotatable bonds is 8. The number of aromatic nitrogens is 3. The molecule has 0 unspecified atom stereocenters. The standard InChI is InChI=1S/C18H24N4O3S/c1-24-9-10-25-15-8-7-14(19-12-15)11-16(23)20-18-22-21-17(26-18)13-5-3-2-4-6-13/h7-8,12-13H,2-6,9-11H2,1H3,(H,20,22,23). The topological polar surface area (TPSA) is 86.2 Å². The molecular weight excluding hydrogens is 352 g/mol. The molecule has 1 aliphatic rings. The summed E-state index contributed by atoms with van der Waals surface area (Å²) in [5.41, 5.74) is 0.679. The molecular formula is C18H24N4O3S. The second kappa shape index (κ2) is 9.59. The normalized spacial score (nSPS) is 15.0. The average Bonchev–Trinajstić information content (AvgIpc) is 3.12. The van der Waals surface area contributed by atoms with Crippen LogP contribution in [0.2, 0.25) is 0 Å². The summed E-state index contributed by atoms with van der Waals surface area (Å²) in [5.74, 6) is 1.02. The van der Waals surface area contributed by atoms with Gasteiger partial charge < -0.3 is 14.8 Å². The molecule has 0 aromatic carbocycles. The Balaban J connectivity index is 1.48. The minimum atomic E-state index is -0.142. The second-order valence-corrected chi connectivity index (χ2v) is 7.34. The maximum absolute atomic E-state index is 12.2. The van der Waals surface area contributed by atoms with E-state index in [1.807, 2.05) is 0 Å². The molecule has 3 rings (SSSR count). The first-order valence-electron chi connectivity index (χ1n) is 8.94. The van der Waals surface area contributed by atoms with Crippen LogP contribution in [0.5, 0.6) is 5.75 Å². The number of hydrogen-bond acceptors (Lipinski definition) is 7. The van der Waals surface area contributed by atoms with Crippen molar-refractivity contribution in [1.29, 1.82) is 0 Å². The highest BCUT2D eigenvalue weighted by Crippen LogP contribution is 2.35. The van der Waals surface area contributed by atoms with Crippen LogP contribution < -0.4 is 10.1 Å². The first kappa shape index (κ1) is 18.7. The zero-order valence-electron chi connectivity index (χ0n) is 14.9. The summed E-state index contributed by atoms with van der Waals surface area (Å²) in [7, 11) is 1.62. The minimum Gasteiger partial charge on any atom is -0.490 e. The minimum absolute atomic E-state index is 0.142. The summed E-state index contributed by atoms with van der Waals surface area (Å²) in [6.07, 6.45) is 7.96. The van der Waals surface area contributed by atoms with Gasteiger partial charge in [0.15, 0.2) is 0 Å². The van der Waals surface area contributed by atoms with Crippen molar-refractivity contribution in [2.75, 3.05) is 25.6 Å². The number of anilines is 1. The highest BCUT2D eigenvalue weighted by Gasteiger charge is 2.20. The van der Waals surface area contributed by atoms with Gasteiger partial charge in [0.1, 0.15) is 17.4 Å². The molecule has 1 fully saturated rings. The average molecular weight is 376 g/mol. The van der Waals surface area contributed by atoms with Crippen LogP contribution in [0.3, 0.4) is 0 Å². The van der Waals surface area contributed by atoms with Crippen molar-refractivity contribution < 1.29 is 14.3 Å². The Morgan fingerprint density at radius 3 is 2.81 bits per heavy atom. The quantitative estimate of drug-likeness (QED) is 0.712. The molecule has 7 nitrogen and oxygen atoms in total. The Morgan fingerprint density at radius 1 is 1.23 bits per heavy atom. The van der Waals surface area contributed by atoms with E-state index in [4.69, 9.17) is 9.47 Å². The summed E-state index contributed by atoms with van der Waals surface area (Å²) in [5, 5.41) is 12.8. The van der Waals surface area contributed by atoms with Gasteiger partial charge >= 0.3 is 0 Å². The zero-order chi connectivity index (χ0) is 18.2. The fraction of sp³-hybridized carbons (Fsp3) is 0.556. The number of hydrogen-bond donors (Lipinski definition) is 1. The summed E-state index contributed by atoms with van der Waals surface area (Å²) in [6, 6.07) is 3.59. The molecule has 1 amide bonds. The van der Waals surface area contributed by atoms with Gasteiger partial charge in [0.25, 0.3) is 0 Å². The SMILES string of the molecule is COCCOc1ccc(CC(=O)Nc2nnc(C3CCCCC3)s2)nc1. The smallest absolute Gasteiger partial charge is 0.232 e. The van der Waals surface area contributed by atoms with E-state index in [9.17, 15) is 4.79 Å². The molecule has 0 bridgehead atoms. The lowest BCUT2D eigenvalue weighted by molar-refractivity contribution is -0.115. The molecule has 8 heteroatoms. The number of carbonyl (C=O) groups excluding carboxylic acids is 1. The van der Waals surface area contributed by atoms with Crippen LogP contribution in [-0.4, -0.2) is 41.4 Å². The van der Waals surface area contributed by atoms with Crippen LogP contribution in [0, 0.1) is 0 Å². The second-order valence-electron chi connectivity index (χ2n) is 6.33. The van der Waals surface area contributed by atoms with Gasteiger partial charge in [-0.05, 0) is 25.0 Å². The van der Waals surface area contributed by atoms with Crippen molar-refractivity contribution in [3.05, 3.63) is 29.0 Å². The number of ether oxygens (including phenoxy) is 2. The lowest BCUT2D eigenvalue weighted by atomic mass is 9.90. The Kier molecular flexibility index (Phi) is 6.90. The van der Waals surface area contributed by atoms with E-state index in [0.29, 0.717) is 35.7 Å². The van der Waals surface area contributed by atoms with E-state index in [1.165, 1.54) is 43.4 Å². The summed E-state index contributed by atoms with van der Waals surface area (Å²) in [6.45, 7) is 0.993. The van der Waals surface area contributed by atoms with Crippen LogP contribution in [0.1, 0.15) is 48.7 Å². The Hall–Kier alpha value is -2.06. The van der Waals surface area contributed by atoms with E-state index >= 15 is 0 Å². The molecule has 0 atom stereocenters. The monoisotopic (exact) mass is 376 g/mol. The van der Waals surface area contributed by atoms with Crippen LogP contribution in [0.25, 0.3) is 0 Å². The summed E-state index contributed by atoms with van der Waals surface area (Å²) >= 11 is 1.49.